The van der Waals surface area contributed by atoms with Crippen LogP contribution in [0, 0.1) is 0 Å². The van der Waals surface area contributed by atoms with Gasteiger partial charge in [0.2, 0.25) is 0 Å². The summed E-state index contributed by atoms with van der Waals surface area (Å²) in [6.45, 7) is 0. The van der Waals surface area contributed by atoms with Crippen molar-refractivity contribution in [2.45, 2.75) is 6.10 Å². The molecular weight excluding hydrogens is 192 g/mol. The number of benzene rings is 1. The smallest absolute Gasteiger partial charge is 0.118 e. The molecule has 78 valence electrons. The van der Waals surface area contributed by atoms with Gasteiger partial charge in [-0.05, 0) is 23.8 Å². The molecule has 3 nitrogen and oxygen atoms in total. The highest BCUT2D eigenvalue weighted by atomic mass is 16.5. The normalized spacial score (nSPS) is 12.4. The van der Waals surface area contributed by atoms with Crippen molar-refractivity contribution >= 4 is 0 Å². The van der Waals surface area contributed by atoms with Crippen LogP contribution in [0.3, 0.4) is 0 Å². The number of aliphatic hydroxyl groups is 1. The molecule has 0 amide bonds. The molecule has 1 aromatic heterocycles. The molecule has 1 N–H and O–H groups in total. The molecular formula is C12H12O3. The van der Waals surface area contributed by atoms with Crippen LogP contribution in [0.15, 0.2) is 47.3 Å². The van der Waals surface area contributed by atoms with Gasteiger partial charge >= 0.3 is 0 Å². The van der Waals surface area contributed by atoms with Gasteiger partial charge in [-0.3, -0.25) is 0 Å². The van der Waals surface area contributed by atoms with Crippen molar-refractivity contribution in [2.75, 3.05) is 7.11 Å². The molecule has 0 aliphatic carbocycles. The number of rotatable bonds is 3. The van der Waals surface area contributed by atoms with Gasteiger partial charge in [0.05, 0.1) is 19.6 Å². The zero-order chi connectivity index (χ0) is 10.7. The number of hydrogen-bond acceptors (Lipinski definition) is 3. The number of furan rings is 1. The lowest BCUT2D eigenvalue weighted by molar-refractivity contribution is 0.219. The molecule has 1 atom stereocenters. The van der Waals surface area contributed by atoms with Gasteiger partial charge in [-0.25, -0.2) is 0 Å². The second kappa shape index (κ2) is 4.19. The molecule has 0 aliphatic rings. The molecule has 0 aliphatic heterocycles. The van der Waals surface area contributed by atoms with Crippen molar-refractivity contribution < 1.29 is 14.3 Å². The summed E-state index contributed by atoms with van der Waals surface area (Å²) in [5.74, 6) is 0.776. The van der Waals surface area contributed by atoms with Crippen LogP contribution in [0.25, 0.3) is 0 Å². The fourth-order valence-electron chi connectivity index (χ4n) is 1.41. The number of ether oxygens (including phenoxy) is 1. The Hall–Kier alpha value is -1.74. The third-order valence-electron chi connectivity index (χ3n) is 2.29. The summed E-state index contributed by atoms with van der Waals surface area (Å²) < 4.78 is 9.96. The van der Waals surface area contributed by atoms with Crippen molar-refractivity contribution in [3.63, 3.8) is 0 Å². The molecule has 0 unspecified atom stereocenters. The Balaban J connectivity index is 2.22. The molecule has 0 radical (unpaired) electrons. The predicted molar refractivity (Wildman–Crippen MR) is 55.8 cm³/mol. The van der Waals surface area contributed by atoms with Crippen molar-refractivity contribution in [3.05, 3.63) is 54.0 Å². The summed E-state index contributed by atoms with van der Waals surface area (Å²) in [5.41, 5.74) is 1.57. The van der Waals surface area contributed by atoms with E-state index < -0.39 is 6.10 Å². The Kier molecular flexibility index (Phi) is 2.74. The summed E-state index contributed by atoms with van der Waals surface area (Å²) in [4.78, 5) is 0. The van der Waals surface area contributed by atoms with Crippen LogP contribution in [0.2, 0.25) is 0 Å². The Morgan fingerprint density at radius 2 is 1.87 bits per heavy atom. The number of methoxy groups -OCH3 is 1. The van der Waals surface area contributed by atoms with Gasteiger partial charge in [-0.2, -0.15) is 0 Å². The Labute approximate surface area is 87.9 Å². The molecule has 3 heteroatoms. The molecule has 0 bridgehead atoms. The van der Waals surface area contributed by atoms with Gasteiger partial charge in [-0.1, -0.05) is 12.1 Å². The third-order valence-corrected chi connectivity index (χ3v) is 2.29. The standard InChI is InChI=1S/C12H12O3/c1-14-11-4-2-9(3-5-11)12(13)10-6-7-15-8-10/h2-8,12-13H,1H3/t12-/m0/s1. The van der Waals surface area contributed by atoms with Gasteiger partial charge in [-0.15, -0.1) is 0 Å². The van der Waals surface area contributed by atoms with Crippen LogP contribution in [0.1, 0.15) is 17.2 Å². The monoisotopic (exact) mass is 204 g/mol. The van der Waals surface area contributed by atoms with Crippen LogP contribution >= 0.6 is 0 Å². The van der Waals surface area contributed by atoms with Crippen LogP contribution in [0.4, 0.5) is 0 Å². The third kappa shape index (κ3) is 2.02. The van der Waals surface area contributed by atoms with E-state index in [9.17, 15) is 5.11 Å². The first-order valence-electron chi connectivity index (χ1n) is 4.65. The largest absolute Gasteiger partial charge is 0.497 e. The minimum absolute atomic E-state index is 0.644. The summed E-state index contributed by atoms with van der Waals surface area (Å²) in [7, 11) is 1.61. The van der Waals surface area contributed by atoms with E-state index in [-0.39, 0.29) is 0 Å². The number of hydrogen-bond donors (Lipinski definition) is 1. The zero-order valence-corrected chi connectivity index (χ0v) is 8.38. The van der Waals surface area contributed by atoms with Gasteiger partial charge in [0.25, 0.3) is 0 Å². The topological polar surface area (TPSA) is 42.6 Å². The second-order valence-electron chi connectivity index (χ2n) is 3.23. The molecule has 15 heavy (non-hydrogen) atoms. The quantitative estimate of drug-likeness (QED) is 0.834. The molecule has 0 fully saturated rings. The molecule has 2 aromatic rings. The summed E-state index contributed by atoms with van der Waals surface area (Å²) >= 11 is 0. The molecule has 0 saturated heterocycles. The van der Waals surface area contributed by atoms with Crippen molar-refractivity contribution in [1.82, 2.24) is 0 Å². The van der Waals surface area contributed by atoms with E-state index in [2.05, 4.69) is 0 Å². The van der Waals surface area contributed by atoms with E-state index in [1.54, 1.807) is 19.4 Å². The first-order valence-corrected chi connectivity index (χ1v) is 4.65. The van der Waals surface area contributed by atoms with E-state index in [4.69, 9.17) is 9.15 Å². The van der Waals surface area contributed by atoms with E-state index in [1.165, 1.54) is 6.26 Å². The van der Waals surface area contributed by atoms with E-state index in [1.807, 2.05) is 24.3 Å². The molecule has 1 heterocycles. The molecule has 2 rings (SSSR count). The first kappa shape index (κ1) is 9.80. The average Bonchev–Trinajstić information content (AvgIpc) is 2.82. The van der Waals surface area contributed by atoms with Gasteiger partial charge in [0.1, 0.15) is 11.9 Å². The van der Waals surface area contributed by atoms with Crippen LogP contribution in [-0.4, -0.2) is 12.2 Å². The minimum atomic E-state index is -0.644. The summed E-state index contributed by atoms with van der Waals surface area (Å²) in [5, 5.41) is 9.94. The van der Waals surface area contributed by atoms with Gasteiger partial charge in [0.15, 0.2) is 0 Å². The lowest BCUT2D eigenvalue weighted by Gasteiger charge is -2.09. The summed E-state index contributed by atoms with van der Waals surface area (Å²) in [6.07, 6.45) is 2.44. The molecule has 0 saturated carbocycles. The van der Waals surface area contributed by atoms with Gasteiger partial charge in [0, 0.05) is 5.56 Å². The van der Waals surface area contributed by atoms with Crippen LogP contribution in [0.5, 0.6) is 5.75 Å². The van der Waals surface area contributed by atoms with Crippen molar-refractivity contribution in [2.24, 2.45) is 0 Å². The maximum absolute atomic E-state index is 9.94. The Morgan fingerprint density at radius 3 is 2.40 bits per heavy atom. The Bertz CT molecular complexity index is 403. The van der Waals surface area contributed by atoms with E-state index >= 15 is 0 Å². The van der Waals surface area contributed by atoms with Crippen LogP contribution in [-0.2, 0) is 0 Å². The highest BCUT2D eigenvalue weighted by molar-refractivity contribution is 5.32. The SMILES string of the molecule is COc1ccc([C@H](O)c2ccoc2)cc1. The molecule has 0 spiro atoms. The highest BCUT2D eigenvalue weighted by Gasteiger charge is 2.10. The predicted octanol–water partition coefficient (Wildman–Crippen LogP) is 2.37. The fraction of sp³-hybridized carbons (Fsp3) is 0.167. The van der Waals surface area contributed by atoms with Crippen molar-refractivity contribution in [1.29, 1.82) is 0 Å². The lowest BCUT2D eigenvalue weighted by atomic mass is 10.0. The average molecular weight is 204 g/mol. The van der Waals surface area contributed by atoms with E-state index in [0.29, 0.717) is 0 Å². The van der Waals surface area contributed by atoms with Crippen molar-refractivity contribution in [3.8, 4) is 5.75 Å². The van der Waals surface area contributed by atoms with E-state index in [0.717, 1.165) is 16.9 Å². The zero-order valence-electron chi connectivity index (χ0n) is 8.38. The fourth-order valence-corrected chi connectivity index (χ4v) is 1.41. The first-order chi connectivity index (χ1) is 7.31. The minimum Gasteiger partial charge on any atom is -0.497 e. The lowest BCUT2D eigenvalue weighted by Crippen LogP contribution is -1.97. The summed E-state index contributed by atoms with van der Waals surface area (Å²) in [6, 6.07) is 9.04. The van der Waals surface area contributed by atoms with Crippen LogP contribution < -0.4 is 4.74 Å². The maximum Gasteiger partial charge on any atom is 0.118 e. The number of aliphatic hydroxyl groups excluding tert-OH is 1. The highest BCUT2D eigenvalue weighted by Crippen LogP contribution is 2.23. The second-order valence-corrected chi connectivity index (χ2v) is 3.23. The maximum atomic E-state index is 9.94. The Morgan fingerprint density at radius 1 is 1.13 bits per heavy atom. The van der Waals surface area contributed by atoms with Gasteiger partial charge < -0.3 is 14.3 Å². The molecule has 1 aromatic carbocycles.